The summed E-state index contributed by atoms with van der Waals surface area (Å²) in [5, 5.41) is 0. The molecule has 0 spiro atoms. The van der Waals surface area contributed by atoms with E-state index in [1.54, 1.807) is 6.92 Å². The molecule has 0 aromatic carbocycles. The monoisotopic (exact) mass is 314 g/mol. The molecule has 6 heteroatoms. The molecule has 0 aromatic heterocycles. The van der Waals surface area contributed by atoms with Crippen molar-refractivity contribution in [1.29, 1.82) is 3.91 Å². The summed E-state index contributed by atoms with van der Waals surface area (Å²) in [6.07, 6.45) is 0. The topological polar surface area (TPSA) is 121 Å². The van der Waals surface area contributed by atoms with Gasteiger partial charge in [0.25, 0.3) is 0 Å². The second kappa shape index (κ2) is 5690000. The van der Waals surface area contributed by atoms with Crippen LogP contribution in [0.25, 0.3) is 0 Å². The maximum atomic E-state index is 7.00. The Kier molecular flexibility index (Phi) is 22700000. The molecule has 5 nitrogen and oxygen atoms in total. The van der Waals surface area contributed by atoms with Crippen molar-refractivity contribution < 1.29 is 32.0 Å². The van der Waals surface area contributed by atoms with Gasteiger partial charge in [0.15, 0.2) is 0 Å². The first-order valence-electron chi connectivity index (χ1n) is 1.50. The van der Waals surface area contributed by atoms with Crippen LogP contribution in [0.3, 0.4) is 0 Å². The molecule has 0 saturated carbocycles. The van der Waals surface area contributed by atoms with Gasteiger partial charge in [0.05, 0.1) is 0 Å². The van der Waals surface area contributed by atoms with Crippen LogP contribution in [0.15, 0.2) is 0 Å². The minimum absolute atomic E-state index is 0. The van der Waals surface area contributed by atoms with Gasteiger partial charge in [-0.1, -0.05) is 7.43 Å². The van der Waals surface area contributed by atoms with Gasteiger partial charge in [-0.05, 0) is 0 Å². The zero-order valence-electron chi connectivity index (χ0n) is 5.38. The van der Waals surface area contributed by atoms with E-state index in [4.69, 9.17) is 11.3 Å². The molecule has 0 saturated heterocycles. The van der Waals surface area contributed by atoms with Crippen molar-refractivity contribution in [2.45, 2.75) is 14.4 Å². The molecule has 0 radical (unpaired) electrons. The van der Waals surface area contributed by atoms with Crippen molar-refractivity contribution in [2.24, 2.45) is 0 Å². The third-order valence-electron chi connectivity index (χ3n) is 0. The molecule has 0 bridgehead atoms. The summed E-state index contributed by atoms with van der Waals surface area (Å²) in [5.41, 5.74) is 0. The van der Waals surface area contributed by atoms with E-state index in [0.29, 0.717) is 0 Å². The molecule has 0 heterocycles. The van der Waals surface area contributed by atoms with E-state index in [0.717, 1.165) is 19.6 Å². The first-order valence-corrected chi connectivity index (χ1v) is 2.37. The Balaban J connectivity index is -0.00000000536. The Morgan fingerprint density at radius 1 is 1.44 bits per heavy atom. The molecule has 0 aliphatic carbocycles. The van der Waals surface area contributed by atoms with Crippen LogP contribution in [-0.4, -0.2) is 11.0 Å². The molecular weight excluding hydrogens is 298 g/mol. The van der Waals surface area contributed by atoms with Crippen LogP contribution in [0.2, 0.25) is 1.41 Å². The van der Waals surface area contributed by atoms with Gasteiger partial charge in [-0.2, -0.15) is 6.92 Å². The molecule has 0 aliphatic rings. The molecular formula is C3H14NO4W-. The predicted octanol–water partition coefficient (Wildman–Crippen LogP) is 0.190. The van der Waals surface area contributed by atoms with E-state index in [1.165, 1.54) is 0 Å². The van der Waals surface area contributed by atoms with E-state index in [2.05, 4.69) is 10.8 Å². The molecule has 62 valence electrons. The molecule has 9 heavy (non-hydrogen) atoms. The van der Waals surface area contributed by atoms with Gasteiger partial charge in [-0.15, -0.1) is 0 Å². The van der Waals surface area contributed by atoms with Gasteiger partial charge < -0.3 is 17.9 Å². The van der Waals surface area contributed by atoms with Crippen molar-refractivity contribution >= 4 is 0 Å². The third kappa shape index (κ3) is 4180000. The second-order valence-electron chi connectivity index (χ2n) is 0. The fourth-order valence-corrected chi connectivity index (χ4v) is 0. The van der Waals surface area contributed by atoms with Crippen molar-refractivity contribution in [3.63, 3.8) is 0 Å². The fourth-order valence-electron chi connectivity index (χ4n) is 0. The summed E-state index contributed by atoms with van der Waals surface area (Å²) in [6.45, 7) is 5.00. The molecule has 0 fully saturated rings. The summed E-state index contributed by atoms with van der Waals surface area (Å²) in [7, 11) is 0. The van der Waals surface area contributed by atoms with Crippen LogP contribution < -0.4 is 0 Å². The van der Waals surface area contributed by atoms with Gasteiger partial charge in [0.2, 0.25) is 0 Å². The quantitative estimate of drug-likeness (QED) is 0.642. The van der Waals surface area contributed by atoms with Crippen LogP contribution in [0, 0.1) is 20.8 Å². The maximum Gasteiger partial charge on any atom is -0.194 e. The van der Waals surface area contributed by atoms with E-state index in [1.807, 2.05) is 0 Å². The molecule has 0 aromatic rings. The van der Waals surface area contributed by atoms with Crippen molar-refractivity contribution in [3.8, 4) is 0 Å². The first kappa shape index (κ1) is 36.0. The van der Waals surface area contributed by atoms with Crippen LogP contribution in [0.5, 0.6) is 0 Å². The third-order valence-corrected chi connectivity index (χ3v) is 0. The Hall–Kier alpha value is 0.00831. The summed E-state index contributed by atoms with van der Waals surface area (Å²) >= 11 is 0.963. The van der Waals surface area contributed by atoms with Crippen LogP contribution in [0.4, 0.5) is 0 Å². The van der Waals surface area contributed by atoms with E-state index < -0.39 is 0 Å². The predicted molar refractivity (Wildman–Crippen MR) is 34.4 cm³/mol. The normalized spacial score (nSPS) is 2.67. The number of rotatable bonds is 0. The number of hydrogen-bond donors (Lipinski definition) is 1. The smallest absolute Gasteiger partial charge is 0.194 e. The molecule has 0 amide bonds. The minimum Gasteiger partial charge on any atom is -0.346 e. The average molecular weight is 314 g/mol. The standard InChI is InChI=1S/C2H5.CH4.HN.O2.2H2O.W/c1-2;;;1-2;;;/h1H2,2H3;1H4;1H;;2*1H2;/q-1;;;;;;/i;;1T;;;;. The van der Waals surface area contributed by atoms with Gasteiger partial charge in [0, 0.05) is 9.93 Å². The Labute approximate surface area is 67.7 Å². The van der Waals surface area contributed by atoms with Crippen molar-refractivity contribution in [3.05, 3.63) is 16.9 Å². The molecule has 0 atom stereocenters. The number of nitrogens with one attached hydrogen (secondary N) is 1. The molecule has 0 unspecified atom stereocenters. The van der Waals surface area contributed by atoms with Crippen LogP contribution >= 0.6 is 0 Å². The number of hydrogen-bond acceptors (Lipinski definition) is 3. The van der Waals surface area contributed by atoms with Gasteiger partial charge in [-0.25, -0.2) is 0 Å². The first-order chi connectivity index (χ1) is 3.41. The van der Waals surface area contributed by atoms with Crippen molar-refractivity contribution in [1.82, 2.24) is 0 Å². The summed E-state index contributed by atoms with van der Waals surface area (Å²) in [5.74, 6) is 0. The molecule has 5 N–H and O–H groups in total. The zero-order valence-corrected chi connectivity index (χ0v) is 7.31. The average Bonchev–Trinajstić information content (AvgIpc) is 1.78. The van der Waals surface area contributed by atoms with E-state index >= 15 is 0 Å². The minimum atomic E-state index is 0. The van der Waals surface area contributed by atoms with Gasteiger partial charge in [0.1, 0.15) is 0 Å². The zero-order chi connectivity index (χ0) is 6.71. The summed E-state index contributed by atoms with van der Waals surface area (Å²) in [4.78, 5) is 14.0. The SMILES string of the molecule is C.O.O.O=O.[3H][N]=[W].[CH2-]C. The maximum absolute atomic E-state index is 7.00. The Bertz CT molecular complexity index is 34.5. The Morgan fingerprint density at radius 3 is 1.44 bits per heavy atom. The molecule has 0 aliphatic heterocycles. The fraction of sp³-hybridized carbons (Fsp3) is 0.667. The summed E-state index contributed by atoms with van der Waals surface area (Å²) in [6, 6.07) is 0. The van der Waals surface area contributed by atoms with Crippen LogP contribution in [-0.2, 0) is 19.6 Å². The van der Waals surface area contributed by atoms with Gasteiger partial charge in [-0.3, -0.25) is 0 Å². The van der Waals surface area contributed by atoms with E-state index in [-0.39, 0.29) is 18.4 Å². The largest absolute Gasteiger partial charge is 0.346 e. The second-order valence-corrected chi connectivity index (χ2v) is 0. The van der Waals surface area contributed by atoms with Gasteiger partial charge >= 0.3 is 24.9 Å². The van der Waals surface area contributed by atoms with Crippen LogP contribution in [0.1, 0.15) is 14.4 Å². The molecule has 0 rings (SSSR count). The Morgan fingerprint density at radius 2 is 1.44 bits per heavy atom. The summed E-state index contributed by atoms with van der Waals surface area (Å²) < 4.78 is 8.70. The van der Waals surface area contributed by atoms with Crippen molar-refractivity contribution in [2.75, 3.05) is 0 Å². The van der Waals surface area contributed by atoms with E-state index in [9.17, 15) is 0 Å².